The monoisotopic (exact) mass is 620 g/mol. The van der Waals surface area contributed by atoms with Crippen LogP contribution in [0.4, 0.5) is 18.9 Å². The molecule has 232 valence electrons. The van der Waals surface area contributed by atoms with Gasteiger partial charge in [0.1, 0.15) is 40.6 Å². The van der Waals surface area contributed by atoms with Crippen LogP contribution in [0.5, 0.6) is 5.75 Å². The number of alkyl halides is 1. The van der Waals surface area contributed by atoms with Gasteiger partial charge in [0.25, 0.3) is 0 Å². The van der Waals surface area contributed by atoms with Gasteiger partial charge >= 0.3 is 0 Å². The molecular weight excluding hydrogens is 589 g/mol. The molecule has 6 heterocycles. The Morgan fingerprint density at radius 3 is 2.70 bits per heavy atom. The lowest BCUT2D eigenvalue weighted by Gasteiger charge is -2.36. The van der Waals surface area contributed by atoms with E-state index in [2.05, 4.69) is 32.1 Å². The molecule has 2 aromatic heterocycles. The lowest BCUT2D eigenvalue weighted by Crippen LogP contribution is -2.51. The van der Waals surface area contributed by atoms with Gasteiger partial charge in [0, 0.05) is 66.2 Å². The Morgan fingerprint density at radius 1 is 1.13 bits per heavy atom. The second-order valence-corrected chi connectivity index (χ2v) is 13.0. The third-order valence-electron chi connectivity index (χ3n) is 10.3. The average molecular weight is 621 g/mol. The molecular formula is C36H31F3N6O. The number of hydrogen-bond acceptors (Lipinski definition) is 7. The second kappa shape index (κ2) is 10.7. The van der Waals surface area contributed by atoms with Crippen LogP contribution in [-0.4, -0.2) is 69.9 Å². The number of phenols is 1. The van der Waals surface area contributed by atoms with Gasteiger partial charge in [0.15, 0.2) is 5.82 Å². The van der Waals surface area contributed by atoms with E-state index in [9.17, 15) is 19.1 Å². The van der Waals surface area contributed by atoms with Gasteiger partial charge in [-0.3, -0.25) is 9.88 Å². The third kappa shape index (κ3) is 4.43. The molecule has 2 N–H and O–H groups in total. The molecule has 8 rings (SSSR count). The summed E-state index contributed by atoms with van der Waals surface area (Å²) in [5, 5.41) is 25.8. The maximum absolute atomic E-state index is 16.9. The number of nitrogens with zero attached hydrogens (tertiary/aromatic N) is 5. The number of aromatic hydroxyl groups is 1. The van der Waals surface area contributed by atoms with Crippen molar-refractivity contribution in [3.05, 3.63) is 65.0 Å². The maximum Gasteiger partial charge on any atom is 0.175 e. The number of nitrogens with one attached hydrogen (secondary N) is 1. The Kier molecular flexibility index (Phi) is 6.72. The summed E-state index contributed by atoms with van der Waals surface area (Å²) < 4.78 is 46.4. The zero-order valence-electron chi connectivity index (χ0n) is 25.0. The van der Waals surface area contributed by atoms with Crippen molar-refractivity contribution in [2.75, 3.05) is 31.1 Å². The molecule has 4 fully saturated rings. The molecule has 2 bridgehead atoms. The number of fused-ring (bicyclic) bond motifs is 5. The van der Waals surface area contributed by atoms with E-state index in [-0.39, 0.29) is 45.6 Å². The lowest BCUT2D eigenvalue weighted by atomic mass is 9.92. The fourth-order valence-corrected chi connectivity index (χ4v) is 8.31. The van der Waals surface area contributed by atoms with Crippen molar-refractivity contribution in [3.63, 3.8) is 0 Å². The van der Waals surface area contributed by atoms with Crippen LogP contribution in [0, 0.1) is 35.3 Å². The summed E-state index contributed by atoms with van der Waals surface area (Å²) in [6, 6.07) is 8.28. The van der Waals surface area contributed by atoms with Crippen molar-refractivity contribution in [2.24, 2.45) is 0 Å². The van der Waals surface area contributed by atoms with Gasteiger partial charge in [0.05, 0.1) is 16.9 Å². The molecule has 46 heavy (non-hydrogen) atoms. The second-order valence-electron chi connectivity index (χ2n) is 13.0. The highest BCUT2D eigenvalue weighted by Crippen LogP contribution is 2.43. The first kappa shape index (κ1) is 28.8. The Hall–Kier alpha value is -4.64. The summed E-state index contributed by atoms with van der Waals surface area (Å²) in [6.45, 7) is 2.45. The zero-order valence-corrected chi connectivity index (χ0v) is 25.0. The largest absolute Gasteiger partial charge is 0.508 e. The van der Waals surface area contributed by atoms with Gasteiger partial charge in [0.2, 0.25) is 0 Å². The third-order valence-corrected chi connectivity index (χ3v) is 10.3. The molecule has 4 aromatic rings. The summed E-state index contributed by atoms with van der Waals surface area (Å²) in [5.41, 5.74) is 0.629. The van der Waals surface area contributed by atoms with E-state index in [0.29, 0.717) is 53.8 Å². The standard InChI is InChI=1S/C36H31F3N6O/c1-2-25-29(38)7-4-20-12-24(46)13-26(31(20)25)33-32(39)34-28(16-41-33)35(44-18-22-5-6-23(19-44)42-22)27(15-40)30(43-34)8-10-36-9-3-11-45(36)17-21(37)14-36/h1,4,7-8,10,12-13,16,21-23,42,46H,3,5-6,9,11,14,17-19H2/b10-8+/t21-,22?,23?,36-/m1/s1. The van der Waals surface area contributed by atoms with Crippen molar-refractivity contribution in [2.45, 2.75) is 55.9 Å². The first-order valence-electron chi connectivity index (χ1n) is 15.7. The predicted molar refractivity (Wildman–Crippen MR) is 171 cm³/mol. The number of pyridine rings is 2. The molecule has 4 aliphatic heterocycles. The van der Waals surface area contributed by atoms with Crippen molar-refractivity contribution < 1.29 is 18.3 Å². The van der Waals surface area contributed by atoms with E-state index < -0.39 is 23.3 Å². The minimum absolute atomic E-state index is 0.00440. The molecule has 0 radical (unpaired) electrons. The predicted octanol–water partition coefficient (Wildman–Crippen LogP) is 5.82. The Bertz CT molecular complexity index is 2040. The van der Waals surface area contributed by atoms with Crippen molar-refractivity contribution in [1.29, 1.82) is 5.26 Å². The molecule has 4 saturated heterocycles. The Balaban J connectivity index is 1.37. The smallest absolute Gasteiger partial charge is 0.175 e. The molecule has 4 atom stereocenters. The topological polar surface area (TPSA) is 88.3 Å². The number of terminal acetylenes is 1. The molecule has 7 nitrogen and oxygen atoms in total. The number of aromatic nitrogens is 2. The van der Waals surface area contributed by atoms with E-state index in [1.807, 2.05) is 6.08 Å². The van der Waals surface area contributed by atoms with Crippen LogP contribution < -0.4 is 10.2 Å². The van der Waals surface area contributed by atoms with Crippen LogP contribution in [0.15, 0.2) is 36.5 Å². The molecule has 0 aliphatic carbocycles. The molecule has 0 saturated carbocycles. The van der Waals surface area contributed by atoms with Gasteiger partial charge in [-0.05, 0) is 61.9 Å². The van der Waals surface area contributed by atoms with E-state index in [4.69, 9.17) is 11.4 Å². The fourth-order valence-electron chi connectivity index (χ4n) is 8.31. The van der Waals surface area contributed by atoms with Crippen LogP contribution in [-0.2, 0) is 0 Å². The number of rotatable bonds is 4. The van der Waals surface area contributed by atoms with Gasteiger partial charge in [-0.15, -0.1) is 6.42 Å². The number of halogens is 3. The quantitative estimate of drug-likeness (QED) is 0.278. The van der Waals surface area contributed by atoms with E-state index in [0.717, 1.165) is 32.2 Å². The molecule has 0 amide bonds. The highest BCUT2D eigenvalue weighted by atomic mass is 19.1. The minimum Gasteiger partial charge on any atom is -0.508 e. The summed E-state index contributed by atoms with van der Waals surface area (Å²) in [7, 11) is 0. The number of phenolic OH excluding ortho intramolecular Hbond substituents is 1. The van der Waals surface area contributed by atoms with Crippen molar-refractivity contribution in [3.8, 4) is 35.4 Å². The Labute approximate surface area is 264 Å². The summed E-state index contributed by atoms with van der Waals surface area (Å²) in [6.07, 6.45) is 14.1. The number of anilines is 1. The van der Waals surface area contributed by atoms with E-state index >= 15 is 4.39 Å². The molecule has 2 aromatic carbocycles. The van der Waals surface area contributed by atoms with Gasteiger partial charge < -0.3 is 15.3 Å². The summed E-state index contributed by atoms with van der Waals surface area (Å²) in [5.74, 6) is 0.786. The number of piperazine rings is 1. The highest BCUT2D eigenvalue weighted by Gasteiger charge is 2.47. The first-order chi connectivity index (χ1) is 22.3. The van der Waals surface area contributed by atoms with E-state index in [1.165, 1.54) is 30.5 Å². The van der Waals surface area contributed by atoms with Crippen LogP contribution in [0.1, 0.15) is 48.9 Å². The van der Waals surface area contributed by atoms with Crippen molar-refractivity contribution in [1.82, 2.24) is 20.2 Å². The molecule has 2 unspecified atom stereocenters. The normalized spacial score (nSPS) is 25.8. The minimum atomic E-state index is -0.933. The van der Waals surface area contributed by atoms with E-state index in [1.54, 1.807) is 6.08 Å². The lowest BCUT2D eigenvalue weighted by molar-refractivity contribution is 0.247. The van der Waals surface area contributed by atoms with Gasteiger partial charge in [-0.1, -0.05) is 18.1 Å². The highest BCUT2D eigenvalue weighted by molar-refractivity contribution is 6.04. The number of nitriles is 1. The fraction of sp³-hybridized carbons (Fsp3) is 0.361. The SMILES string of the molecule is C#Cc1c(F)ccc2cc(O)cc(-c3ncc4c(N5CC6CCC(C5)N6)c(C#N)c(/C=C/[C@@]56CCCN5C[C@H](F)C6)nc4c3F)c12. The van der Waals surface area contributed by atoms with Crippen molar-refractivity contribution >= 4 is 33.4 Å². The van der Waals surface area contributed by atoms with Crippen LogP contribution >= 0.6 is 0 Å². The number of benzene rings is 2. The van der Waals surface area contributed by atoms with Crippen LogP contribution in [0.25, 0.3) is 39.0 Å². The Morgan fingerprint density at radius 2 is 1.93 bits per heavy atom. The number of hydrogen-bond donors (Lipinski definition) is 2. The van der Waals surface area contributed by atoms with Gasteiger partial charge in [-0.25, -0.2) is 18.2 Å². The average Bonchev–Trinajstić information content (AvgIpc) is 3.69. The molecule has 4 aliphatic rings. The summed E-state index contributed by atoms with van der Waals surface area (Å²) >= 11 is 0. The zero-order chi connectivity index (χ0) is 31.7. The van der Waals surface area contributed by atoms with Gasteiger partial charge in [-0.2, -0.15) is 5.26 Å². The van der Waals surface area contributed by atoms with Crippen LogP contribution in [0.3, 0.4) is 0 Å². The van der Waals surface area contributed by atoms with Crippen LogP contribution in [0.2, 0.25) is 0 Å². The maximum atomic E-state index is 16.9. The molecule has 0 spiro atoms. The summed E-state index contributed by atoms with van der Waals surface area (Å²) in [4.78, 5) is 13.5. The molecule has 10 heteroatoms. The first-order valence-corrected chi connectivity index (χ1v) is 15.7.